The topological polar surface area (TPSA) is 56.7 Å². The van der Waals surface area contributed by atoms with Gasteiger partial charge in [-0.1, -0.05) is 65.9 Å². The predicted octanol–water partition coefficient (Wildman–Crippen LogP) is 4.38. The maximum absolute atomic E-state index is 6.61. The number of hydrogen-bond donors (Lipinski definition) is 1. The van der Waals surface area contributed by atoms with Crippen LogP contribution in [0.4, 0.5) is 0 Å². The molecule has 0 unspecified atom stereocenters. The van der Waals surface area contributed by atoms with E-state index in [1.54, 1.807) is 0 Å². The Morgan fingerprint density at radius 1 is 0.808 bits per heavy atom. The van der Waals surface area contributed by atoms with Gasteiger partial charge in [-0.2, -0.15) is 0 Å². The molecule has 0 spiro atoms. The Balaban J connectivity index is 2.03. The number of aromatic nitrogens is 3. The smallest absolute Gasteiger partial charge is 0.113 e. The Morgan fingerprint density at radius 3 is 2.04 bits per heavy atom. The predicted molar refractivity (Wildman–Crippen MR) is 106 cm³/mol. The van der Waals surface area contributed by atoms with E-state index in [4.69, 9.17) is 5.73 Å². The maximum atomic E-state index is 6.61. The van der Waals surface area contributed by atoms with Crippen molar-refractivity contribution in [2.24, 2.45) is 5.73 Å². The molecule has 0 saturated heterocycles. The molecule has 1 heterocycles. The minimum Gasteiger partial charge on any atom is -0.396 e. The summed E-state index contributed by atoms with van der Waals surface area (Å²) in [6.45, 7) is 4.18. The first kappa shape index (κ1) is 16.1. The van der Waals surface area contributed by atoms with Crippen molar-refractivity contribution < 1.29 is 0 Å². The Hall–Kier alpha value is -3.40. The van der Waals surface area contributed by atoms with Gasteiger partial charge in [-0.05, 0) is 42.7 Å². The first-order valence-corrected chi connectivity index (χ1v) is 8.59. The molecule has 0 aliphatic carbocycles. The second-order valence-corrected chi connectivity index (χ2v) is 6.42. The van der Waals surface area contributed by atoms with Crippen LogP contribution in [0, 0.1) is 13.8 Å². The second-order valence-electron chi connectivity index (χ2n) is 6.42. The van der Waals surface area contributed by atoms with Gasteiger partial charge in [0.1, 0.15) is 5.52 Å². The van der Waals surface area contributed by atoms with Gasteiger partial charge in [-0.25, -0.2) is 4.68 Å². The Kier molecular flexibility index (Phi) is 4.01. The molecule has 1 aromatic heterocycles. The zero-order valence-corrected chi connectivity index (χ0v) is 14.8. The fraction of sp³-hybridized carbons (Fsp3) is 0.0909. The van der Waals surface area contributed by atoms with Gasteiger partial charge < -0.3 is 5.73 Å². The van der Waals surface area contributed by atoms with Crippen molar-refractivity contribution in [1.29, 1.82) is 0 Å². The molecule has 4 heteroatoms. The summed E-state index contributed by atoms with van der Waals surface area (Å²) < 4.78 is 1.85. The number of fused-ring (bicyclic) bond motifs is 1. The monoisotopic (exact) mass is 340 g/mol. The third kappa shape index (κ3) is 2.75. The van der Waals surface area contributed by atoms with E-state index >= 15 is 0 Å². The molecule has 0 fully saturated rings. The van der Waals surface area contributed by atoms with Gasteiger partial charge in [0.15, 0.2) is 0 Å². The van der Waals surface area contributed by atoms with Gasteiger partial charge in [0.25, 0.3) is 0 Å². The van der Waals surface area contributed by atoms with Crippen LogP contribution in [-0.4, -0.2) is 15.0 Å². The van der Waals surface area contributed by atoms with Crippen molar-refractivity contribution in [3.05, 3.63) is 95.1 Å². The number of aryl methyl sites for hydroxylation is 2. The Bertz CT molecular complexity index is 1090. The van der Waals surface area contributed by atoms with Crippen molar-refractivity contribution in [1.82, 2.24) is 15.0 Å². The van der Waals surface area contributed by atoms with Crippen LogP contribution in [0.3, 0.4) is 0 Å². The molecule has 0 saturated carbocycles. The molecule has 0 amide bonds. The van der Waals surface area contributed by atoms with Crippen LogP contribution in [0.1, 0.15) is 22.3 Å². The van der Waals surface area contributed by atoms with Gasteiger partial charge in [0, 0.05) is 5.56 Å². The van der Waals surface area contributed by atoms with Crippen molar-refractivity contribution in [2.75, 3.05) is 0 Å². The highest BCUT2D eigenvalue weighted by atomic mass is 15.4. The summed E-state index contributed by atoms with van der Waals surface area (Å²) in [6.07, 6.45) is 0. The summed E-state index contributed by atoms with van der Waals surface area (Å²) in [5, 5.41) is 8.80. The van der Waals surface area contributed by atoms with Gasteiger partial charge in [0.05, 0.1) is 16.9 Å². The maximum Gasteiger partial charge on any atom is 0.113 e. The lowest BCUT2D eigenvalue weighted by Crippen LogP contribution is -2.10. The van der Waals surface area contributed by atoms with E-state index in [-0.39, 0.29) is 0 Å². The zero-order chi connectivity index (χ0) is 18.1. The van der Waals surface area contributed by atoms with Crippen molar-refractivity contribution in [3.63, 3.8) is 0 Å². The average molecular weight is 340 g/mol. The van der Waals surface area contributed by atoms with E-state index in [0.29, 0.717) is 5.70 Å². The van der Waals surface area contributed by atoms with Crippen LogP contribution in [0.15, 0.2) is 72.8 Å². The highest BCUT2D eigenvalue weighted by Gasteiger charge is 2.16. The van der Waals surface area contributed by atoms with Crippen molar-refractivity contribution in [3.8, 4) is 0 Å². The molecule has 4 nitrogen and oxygen atoms in total. The number of rotatable bonds is 3. The normalized spacial score (nSPS) is 12.2. The molecule has 4 rings (SSSR count). The Labute approximate surface area is 152 Å². The van der Waals surface area contributed by atoms with Gasteiger partial charge >= 0.3 is 0 Å². The molecule has 0 aliphatic rings. The van der Waals surface area contributed by atoms with Crippen molar-refractivity contribution >= 4 is 22.4 Å². The van der Waals surface area contributed by atoms with Gasteiger partial charge in [-0.3, -0.25) is 0 Å². The standard InChI is InChI=1S/C22H20N4/c1-15-13-19-20(14-16(15)2)26(25-24-19)22(18-11-7-4-8-12-18)21(23)17-9-5-3-6-10-17/h3-14H,23H2,1-2H3/b22-21-. The van der Waals surface area contributed by atoms with Gasteiger partial charge in [-0.15, -0.1) is 5.10 Å². The third-order valence-corrected chi connectivity index (χ3v) is 4.66. The molecule has 0 bridgehead atoms. The van der Waals surface area contributed by atoms with E-state index in [1.165, 1.54) is 11.1 Å². The molecule has 4 aromatic rings. The summed E-state index contributed by atoms with van der Waals surface area (Å²) in [5.74, 6) is 0. The summed E-state index contributed by atoms with van der Waals surface area (Å²) >= 11 is 0. The average Bonchev–Trinajstić information content (AvgIpc) is 3.06. The number of benzene rings is 3. The van der Waals surface area contributed by atoms with Crippen LogP contribution >= 0.6 is 0 Å². The van der Waals surface area contributed by atoms with Crippen LogP contribution in [0.2, 0.25) is 0 Å². The van der Waals surface area contributed by atoms with Crippen molar-refractivity contribution in [2.45, 2.75) is 13.8 Å². The quantitative estimate of drug-likeness (QED) is 0.563. The van der Waals surface area contributed by atoms with E-state index in [9.17, 15) is 0 Å². The zero-order valence-electron chi connectivity index (χ0n) is 14.8. The molecular formula is C22H20N4. The number of hydrogen-bond acceptors (Lipinski definition) is 3. The lowest BCUT2D eigenvalue weighted by molar-refractivity contribution is 0.841. The fourth-order valence-electron chi connectivity index (χ4n) is 3.08. The van der Waals surface area contributed by atoms with Crippen LogP contribution in [0.5, 0.6) is 0 Å². The molecule has 0 aliphatic heterocycles. The first-order chi connectivity index (χ1) is 12.6. The lowest BCUT2D eigenvalue weighted by atomic mass is 10.0. The highest BCUT2D eigenvalue weighted by molar-refractivity contribution is 5.93. The van der Waals surface area contributed by atoms with E-state index in [2.05, 4.69) is 36.3 Å². The SMILES string of the molecule is Cc1cc2nnn(/C(=C(\N)c3ccccc3)c3ccccc3)c2cc1C. The molecule has 0 atom stereocenters. The third-order valence-electron chi connectivity index (χ3n) is 4.66. The minimum absolute atomic E-state index is 0.668. The molecule has 2 N–H and O–H groups in total. The second kappa shape index (κ2) is 6.48. The lowest BCUT2D eigenvalue weighted by Gasteiger charge is -2.14. The summed E-state index contributed by atoms with van der Waals surface area (Å²) in [6, 6.07) is 24.2. The molecule has 0 radical (unpaired) electrons. The van der Waals surface area contributed by atoms with E-state index < -0.39 is 0 Å². The Morgan fingerprint density at radius 2 is 1.38 bits per heavy atom. The molecule has 26 heavy (non-hydrogen) atoms. The van der Waals surface area contributed by atoms with Crippen LogP contribution < -0.4 is 5.73 Å². The number of nitrogens with zero attached hydrogens (tertiary/aromatic N) is 3. The first-order valence-electron chi connectivity index (χ1n) is 8.59. The molecular weight excluding hydrogens is 320 g/mol. The van der Waals surface area contributed by atoms with Crippen LogP contribution in [-0.2, 0) is 0 Å². The van der Waals surface area contributed by atoms with Crippen LogP contribution in [0.25, 0.3) is 22.4 Å². The number of nitrogens with two attached hydrogens (primary N) is 1. The minimum atomic E-state index is 0.668. The largest absolute Gasteiger partial charge is 0.396 e. The molecule has 3 aromatic carbocycles. The fourth-order valence-corrected chi connectivity index (χ4v) is 3.08. The van der Waals surface area contributed by atoms with E-state index in [1.807, 2.05) is 65.3 Å². The summed E-state index contributed by atoms with van der Waals surface area (Å²) in [7, 11) is 0. The summed E-state index contributed by atoms with van der Waals surface area (Å²) in [5.41, 5.74) is 14.3. The van der Waals surface area contributed by atoms with Gasteiger partial charge in [0.2, 0.25) is 0 Å². The van der Waals surface area contributed by atoms with E-state index in [0.717, 1.165) is 27.9 Å². The summed E-state index contributed by atoms with van der Waals surface area (Å²) in [4.78, 5) is 0. The molecule has 128 valence electrons. The highest BCUT2D eigenvalue weighted by Crippen LogP contribution is 2.28.